The van der Waals surface area contributed by atoms with Gasteiger partial charge in [0.1, 0.15) is 5.60 Å². The molecule has 2 fully saturated rings. The fraction of sp³-hybridized carbons (Fsp3) is 0.500. The molecule has 0 unspecified atom stereocenters. The molecular formula is C14H17NO2. The quantitative estimate of drug-likeness (QED) is 0.849. The third-order valence-corrected chi connectivity index (χ3v) is 3.82. The molecule has 2 aliphatic rings. The number of nitrogens with zero attached hydrogens (tertiary/aromatic N) is 1. The summed E-state index contributed by atoms with van der Waals surface area (Å²) in [6, 6.07) is 9.76. The first-order valence-electron chi connectivity index (χ1n) is 6.21. The lowest BCUT2D eigenvalue weighted by Crippen LogP contribution is -2.65. The number of aliphatic hydroxyl groups is 1. The van der Waals surface area contributed by atoms with Gasteiger partial charge in [-0.25, -0.2) is 0 Å². The lowest BCUT2D eigenvalue weighted by atomic mass is 9.88. The molecule has 1 heterocycles. The van der Waals surface area contributed by atoms with E-state index in [1.807, 2.05) is 30.3 Å². The Balaban J connectivity index is 1.55. The van der Waals surface area contributed by atoms with Crippen LogP contribution in [0.3, 0.4) is 0 Å². The van der Waals surface area contributed by atoms with E-state index in [-0.39, 0.29) is 5.91 Å². The van der Waals surface area contributed by atoms with E-state index >= 15 is 0 Å². The van der Waals surface area contributed by atoms with Crippen LogP contribution in [0.15, 0.2) is 30.3 Å². The molecule has 3 nitrogen and oxygen atoms in total. The zero-order valence-electron chi connectivity index (χ0n) is 9.80. The lowest BCUT2D eigenvalue weighted by molar-refractivity contribution is -0.158. The van der Waals surface area contributed by atoms with Crippen LogP contribution >= 0.6 is 0 Å². The minimum absolute atomic E-state index is 0.126. The highest BCUT2D eigenvalue weighted by Crippen LogP contribution is 2.44. The van der Waals surface area contributed by atoms with Gasteiger partial charge in [-0.1, -0.05) is 30.3 Å². The van der Waals surface area contributed by atoms with Crippen molar-refractivity contribution in [1.82, 2.24) is 4.90 Å². The number of carbonyl (C=O) groups excluding carboxylic acids is 1. The van der Waals surface area contributed by atoms with E-state index in [4.69, 9.17) is 0 Å². The molecule has 90 valence electrons. The van der Waals surface area contributed by atoms with Crippen molar-refractivity contribution in [2.75, 3.05) is 13.1 Å². The van der Waals surface area contributed by atoms with Crippen LogP contribution < -0.4 is 0 Å². The monoisotopic (exact) mass is 231 g/mol. The topological polar surface area (TPSA) is 40.5 Å². The second-order valence-electron chi connectivity index (χ2n) is 5.29. The van der Waals surface area contributed by atoms with Crippen molar-refractivity contribution in [1.29, 1.82) is 0 Å². The molecule has 0 bridgehead atoms. The molecule has 0 spiro atoms. The summed E-state index contributed by atoms with van der Waals surface area (Å²) < 4.78 is 0. The van der Waals surface area contributed by atoms with E-state index in [0.717, 1.165) is 18.4 Å². The first-order valence-corrected chi connectivity index (χ1v) is 6.21. The molecule has 1 saturated carbocycles. The average molecular weight is 231 g/mol. The Morgan fingerprint density at radius 1 is 1.29 bits per heavy atom. The first kappa shape index (κ1) is 10.8. The average Bonchev–Trinajstić information content (AvgIpc) is 3.10. The second kappa shape index (κ2) is 3.84. The summed E-state index contributed by atoms with van der Waals surface area (Å²) >= 11 is 0. The van der Waals surface area contributed by atoms with Gasteiger partial charge in [0.2, 0.25) is 5.91 Å². The van der Waals surface area contributed by atoms with Gasteiger partial charge in [-0.3, -0.25) is 4.79 Å². The van der Waals surface area contributed by atoms with Crippen LogP contribution in [0.25, 0.3) is 0 Å². The van der Waals surface area contributed by atoms with E-state index < -0.39 is 5.60 Å². The number of hydrogen-bond acceptors (Lipinski definition) is 2. The number of amides is 1. The van der Waals surface area contributed by atoms with Gasteiger partial charge in [-0.05, 0) is 24.3 Å². The van der Waals surface area contributed by atoms with Crippen molar-refractivity contribution in [2.45, 2.75) is 24.9 Å². The first-order chi connectivity index (χ1) is 8.17. The Bertz CT molecular complexity index is 419. The van der Waals surface area contributed by atoms with Crippen LogP contribution in [0, 0.1) is 5.92 Å². The molecule has 1 saturated heterocycles. The van der Waals surface area contributed by atoms with E-state index in [1.54, 1.807) is 4.90 Å². The Morgan fingerprint density at radius 2 is 1.94 bits per heavy atom. The highest BCUT2D eigenvalue weighted by molar-refractivity contribution is 5.80. The number of hydrogen-bond donors (Lipinski definition) is 1. The van der Waals surface area contributed by atoms with Crippen molar-refractivity contribution >= 4 is 5.91 Å². The molecule has 1 aromatic carbocycles. The molecule has 1 aliphatic heterocycles. The van der Waals surface area contributed by atoms with Crippen LogP contribution in [0.1, 0.15) is 18.4 Å². The molecular weight excluding hydrogens is 214 g/mol. The van der Waals surface area contributed by atoms with Gasteiger partial charge in [0, 0.05) is 0 Å². The molecule has 1 aromatic rings. The number of likely N-dealkylation sites (tertiary alicyclic amines) is 1. The van der Waals surface area contributed by atoms with Gasteiger partial charge in [-0.2, -0.15) is 0 Å². The van der Waals surface area contributed by atoms with Crippen molar-refractivity contribution in [3.63, 3.8) is 0 Å². The third-order valence-electron chi connectivity index (χ3n) is 3.82. The van der Waals surface area contributed by atoms with Gasteiger partial charge in [0.25, 0.3) is 0 Å². The van der Waals surface area contributed by atoms with Crippen molar-refractivity contribution in [3.8, 4) is 0 Å². The van der Waals surface area contributed by atoms with E-state index in [1.165, 1.54) is 0 Å². The highest BCUT2D eigenvalue weighted by Gasteiger charge is 2.53. The van der Waals surface area contributed by atoms with Gasteiger partial charge in [0.15, 0.2) is 0 Å². The molecule has 3 rings (SSSR count). The van der Waals surface area contributed by atoms with Crippen LogP contribution in [0.4, 0.5) is 0 Å². The van der Waals surface area contributed by atoms with Crippen LogP contribution in [0.2, 0.25) is 0 Å². The number of rotatable bonds is 3. The molecule has 17 heavy (non-hydrogen) atoms. The predicted molar refractivity (Wildman–Crippen MR) is 64.4 cm³/mol. The van der Waals surface area contributed by atoms with Gasteiger partial charge in [-0.15, -0.1) is 0 Å². The summed E-state index contributed by atoms with van der Waals surface area (Å²) in [5, 5.41) is 10.1. The zero-order valence-corrected chi connectivity index (χ0v) is 9.80. The van der Waals surface area contributed by atoms with Crippen LogP contribution in [-0.4, -0.2) is 34.6 Å². The lowest BCUT2D eigenvalue weighted by Gasteiger charge is -2.47. The molecule has 0 atom stereocenters. The fourth-order valence-electron chi connectivity index (χ4n) is 2.55. The van der Waals surface area contributed by atoms with E-state index in [0.29, 0.717) is 25.4 Å². The molecule has 0 radical (unpaired) electrons. The Hall–Kier alpha value is -1.35. The molecule has 1 N–H and O–H groups in total. The summed E-state index contributed by atoms with van der Waals surface area (Å²) in [5.74, 6) is 0.574. The van der Waals surface area contributed by atoms with Crippen LogP contribution in [-0.2, 0) is 11.2 Å². The maximum absolute atomic E-state index is 11.9. The summed E-state index contributed by atoms with van der Waals surface area (Å²) in [5.41, 5.74) is 0.478. The molecule has 1 amide bonds. The van der Waals surface area contributed by atoms with Gasteiger partial charge < -0.3 is 10.0 Å². The maximum Gasteiger partial charge on any atom is 0.227 e. The maximum atomic E-state index is 11.9. The summed E-state index contributed by atoms with van der Waals surface area (Å²) in [6.45, 7) is 1.06. The van der Waals surface area contributed by atoms with Crippen molar-refractivity contribution in [3.05, 3.63) is 35.9 Å². The smallest absolute Gasteiger partial charge is 0.227 e. The largest absolute Gasteiger partial charge is 0.386 e. The zero-order chi connectivity index (χ0) is 11.9. The standard InChI is InChI=1S/C14H17NO2/c16-13(8-11-4-2-1-3-5-11)15-9-14(17,10-15)12-6-7-12/h1-5,12,17H,6-10H2. The normalized spacial score (nSPS) is 22.1. The highest BCUT2D eigenvalue weighted by atomic mass is 16.3. The van der Waals surface area contributed by atoms with Gasteiger partial charge in [0.05, 0.1) is 19.5 Å². The Morgan fingerprint density at radius 3 is 2.53 bits per heavy atom. The SMILES string of the molecule is O=C(Cc1ccccc1)N1CC(O)(C2CC2)C1. The predicted octanol–water partition coefficient (Wildman–Crippen LogP) is 1.21. The summed E-state index contributed by atoms with van der Waals surface area (Å²) in [6.07, 6.45) is 2.69. The fourth-order valence-corrected chi connectivity index (χ4v) is 2.55. The van der Waals surface area contributed by atoms with E-state index in [9.17, 15) is 9.90 Å². The number of benzene rings is 1. The number of carbonyl (C=O) groups is 1. The minimum Gasteiger partial charge on any atom is -0.386 e. The van der Waals surface area contributed by atoms with Crippen LogP contribution in [0.5, 0.6) is 0 Å². The molecule has 1 aliphatic carbocycles. The summed E-state index contributed by atoms with van der Waals surface area (Å²) in [7, 11) is 0. The van der Waals surface area contributed by atoms with Crippen molar-refractivity contribution < 1.29 is 9.90 Å². The number of β-amino-alcohol motifs (C(OH)–C–C–N with tert-alkyl or cyclic N) is 1. The third kappa shape index (κ3) is 2.07. The molecule has 3 heteroatoms. The Labute approximate surface area is 101 Å². The minimum atomic E-state index is -0.563. The summed E-state index contributed by atoms with van der Waals surface area (Å²) in [4.78, 5) is 13.7. The van der Waals surface area contributed by atoms with E-state index in [2.05, 4.69) is 0 Å². The van der Waals surface area contributed by atoms with Crippen molar-refractivity contribution in [2.24, 2.45) is 5.92 Å². The Kier molecular flexibility index (Phi) is 2.44. The second-order valence-corrected chi connectivity index (χ2v) is 5.29. The molecule has 0 aromatic heterocycles. The van der Waals surface area contributed by atoms with Gasteiger partial charge >= 0.3 is 0 Å².